The summed E-state index contributed by atoms with van der Waals surface area (Å²) in [4.78, 5) is 21.3. The number of aromatic nitrogens is 6. The SMILES string of the molecule is CCO[C@H]1CC[C@H](n2cc(NC(=O)c3csc(-c4cn[nH]c4)n3)c(-c3ncc(F)cc3F)n2)CC1. The van der Waals surface area contributed by atoms with Gasteiger partial charge < -0.3 is 10.1 Å². The summed E-state index contributed by atoms with van der Waals surface area (Å²) in [5.41, 5.74) is 1.24. The van der Waals surface area contributed by atoms with Crippen LogP contribution in [0.5, 0.6) is 0 Å². The highest BCUT2D eigenvalue weighted by molar-refractivity contribution is 7.13. The van der Waals surface area contributed by atoms with E-state index in [0.717, 1.165) is 43.5 Å². The average Bonchev–Trinajstić information content (AvgIpc) is 3.61. The first-order valence-electron chi connectivity index (χ1n) is 11.3. The molecule has 4 aromatic rings. The normalized spacial score (nSPS) is 18.0. The molecule has 0 aliphatic heterocycles. The van der Waals surface area contributed by atoms with Crippen LogP contribution in [0.2, 0.25) is 0 Å². The van der Waals surface area contributed by atoms with Crippen molar-refractivity contribution in [3.63, 3.8) is 0 Å². The average molecular weight is 500 g/mol. The summed E-state index contributed by atoms with van der Waals surface area (Å²) < 4.78 is 35.6. The quantitative estimate of drug-likeness (QED) is 0.376. The Morgan fingerprint density at radius 1 is 1.26 bits per heavy atom. The number of nitrogens with one attached hydrogen (secondary N) is 2. The van der Waals surface area contributed by atoms with E-state index in [2.05, 4.69) is 30.6 Å². The molecule has 4 aromatic heterocycles. The third-order valence-corrected chi connectivity index (χ3v) is 6.81. The molecule has 0 atom stereocenters. The van der Waals surface area contributed by atoms with Gasteiger partial charge in [0.25, 0.3) is 5.91 Å². The highest BCUT2D eigenvalue weighted by atomic mass is 32.1. The van der Waals surface area contributed by atoms with Gasteiger partial charge in [-0.3, -0.25) is 14.6 Å². The molecular formula is C23H23F2N7O2S. The molecule has 5 rings (SSSR count). The van der Waals surface area contributed by atoms with Crippen molar-refractivity contribution >= 4 is 22.9 Å². The minimum Gasteiger partial charge on any atom is -0.379 e. The van der Waals surface area contributed by atoms with E-state index >= 15 is 0 Å². The molecule has 1 amide bonds. The maximum absolute atomic E-state index is 14.6. The van der Waals surface area contributed by atoms with E-state index in [1.54, 1.807) is 28.7 Å². The minimum absolute atomic E-state index is 0.0617. The van der Waals surface area contributed by atoms with Crippen LogP contribution in [0, 0.1) is 11.6 Å². The van der Waals surface area contributed by atoms with Crippen LogP contribution in [0.25, 0.3) is 22.0 Å². The van der Waals surface area contributed by atoms with Gasteiger partial charge in [-0.1, -0.05) is 0 Å². The molecule has 0 saturated heterocycles. The van der Waals surface area contributed by atoms with E-state index in [0.29, 0.717) is 11.6 Å². The summed E-state index contributed by atoms with van der Waals surface area (Å²) in [6, 6.07) is 0.810. The molecular weight excluding hydrogens is 476 g/mol. The molecule has 0 aromatic carbocycles. The number of carbonyl (C=O) groups excluding carboxylic acids is 1. The lowest BCUT2D eigenvalue weighted by Gasteiger charge is -2.28. The fraction of sp³-hybridized carbons (Fsp3) is 0.348. The summed E-state index contributed by atoms with van der Waals surface area (Å²) in [7, 11) is 0. The predicted molar refractivity (Wildman–Crippen MR) is 126 cm³/mol. The summed E-state index contributed by atoms with van der Waals surface area (Å²) in [6.07, 6.45) is 9.55. The maximum atomic E-state index is 14.6. The number of carbonyl (C=O) groups is 1. The van der Waals surface area contributed by atoms with Crippen LogP contribution in [-0.4, -0.2) is 48.6 Å². The van der Waals surface area contributed by atoms with Gasteiger partial charge in [0.15, 0.2) is 5.82 Å². The molecule has 1 aliphatic rings. The Bertz CT molecular complexity index is 1310. The van der Waals surface area contributed by atoms with Crippen molar-refractivity contribution in [3.05, 3.63) is 53.6 Å². The monoisotopic (exact) mass is 499 g/mol. The number of H-pyrrole nitrogens is 1. The van der Waals surface area contributed by atoms with Crippen LogP contribution < -0.4 is 5.32 Å². The molecule has 2 N–H and O–H groups in total. The lowest BCUT2D eigenvalue weighted by Crippen LogP contribution is -2.24. The lowest BCUT2D eigenvalue weighted by atomic mass is 9.93. The second-order valence-electron chi connectivity index (χ2n) is 8.22. The largest absolute Gasteiger partial charge is 0.379 e. The zero-order valence-electron chi connectivity index (χ0n) is 18.9. The van der Waals surface area contributed by atoms with E-state index in [-0.39, 0.29) is 34.9 Å². The molecule has 1 saturated carbocycles. The van der Waals surface area contributed by atoms with E-state index in [4.69, 9.17) is 4.74 Å². The third kappa shape index (κ3) is 4.98. The van der Waals surface area contributed by atoms with Crippen LogP contribution in [0.4, 0.5) is 14.5 Å². The minimum atomic E-state index is -0.860. The molecule has 0 spiro atoms. The van der Waals surface area contributed by atoms with E-state index in [1.165, 1.54) is 11.3 Å². The number of hydrogen-bond donors (Lipinski definition) is 2. The molecule has 0 bridgehead atoms. The van der Waals surface area contributed by atoms with Gasteiger partial charge in [-0.2, -0.15) is 10.2 Å². The summed E-state index contributed by atoms with van der Waals surface area (Å²) in [5, 5.41) is 16.2. The van der Waals surface area contributed by atoms with Crippen LogP contribution in [0.3, 0.4) is 0 Å². The molecule has 182 valence electrons. The van der Waals surface area contributed by atoms with E-state index in [9.17, 15) is 13.6 Å². The molecule has 4 heterocycles. The summed E-state index contributed by atoms with van der Waals surface area (Å²) in [5.74, 6) is -2.12. The molecule has 1 aliphatic carbocycles. The molecule has 0 radical (unpaired) electrons. The number of aromatic amines is 1. The zero-order valence-corrected chi connectivity index (χ0v) is 19.7. The number of ether oxygens (including phenoxy) is 1. The first-order valence-corrected chi connectivity index (χ1v) is 12.2. The summed E-state index contributed by atoms with van der Waals surface area (Å²) >= 11 is 1.30. The van der Waals surface area contributed by atoms with Gasteiger partial charge >= 0.3 is 0 Å². The van der Waals surface area contributed by atoms with Crippen molar-refractivity contribution in [2.75, 3.05) is 11.9 Å². The Balaban J connectivity index is 1.43. The van der Waals surface area contributed by atoms with Gasteiger partial charge in [0.1, 0.15) is 27.9 Å². The number of thiazole rings is 1. The van der Waals surface area contributed by atoms with E-state index in [1.807, 2.05) is 6.92 Å². The standard InChI is InChI=1S/C23H23F2N7O2S/c1-2-34-16-5-3-15(4-6-16)32-11-18(21(31-32)20-17(25)7-14(24)10-26-20)29-22(33)19-12-35-23(30-19)13-8-27-28-9-13/h7-12,15-16H,2-6H2,1H3,(H,27,28)(H,29,33)/t15-,16-. The molecule has 35 heavy (non-hydrogen) atoms. The Morgan fingerprint density at radius 3 is 2.80 bits per heavy atom. The van der Waals surface area contributed by atoms with Gasteiger partial charge in [0.05, 0.1) is 30.2 Å². The van der Waals surface area contributed by atoms with Crippen LogP contribution >= 0.6 is 11.3 Å². The highest BCUT2D eigenvalue weighted by Gasteiger charge is 2.27. The van der Waals surface area contributed by atoms with Gasteiger partial charge in [-0.15, -0.1) is 11.3 Å². The second kappa shape index (κ2) is 10.0. The Labute approximate surface area is 203 Å². The number of hydrogen-bond acceptors (Lipinski definition) is 7. The molecule has 12 heteroatoms. The van der Waals surface area contributed by atoms with Crippen LogP contribution in [0.15, 0.2) is 36.2 Å². The third-order valence-electron chi connectivity index (χ3n) is 5.91. The fourth-order valence-electron chi connectivity index (χ4n) is 4.21. The van der Waals surface area contributed by atoms with Crippen molar-refractivity contribution in [2.45, 2.75) is 44.8 Å². The van der Waals surface area contributed by atoms with Crippen molar-refractivity contribution in [1.82, 2.24) is 29.9 Å². The highest BCUT2D eigenvalue weighted by Crippen LogP contribution is 2.34. The fourth-order valence-corrected chi connectivity index (χ4v) is 4.99. The van der Waals surface area contributed by atoms with Gasteiger partial charge in [0.2, 0.25) is 0 Å². The predicted octanol–water partition coefficient (Wildman–Crippen LogP) is 4.84. The lowest BCUT2D eigenvalue weighted by molar-refractivity contribution is 0.0260. The number of pyridine rings is 1. The molecule has 9 nitrogen and oxygen atoms in total. The van der Waals surface area contributed by atoms with Crippen LogP contribution in [0.1, 0.15) is 49.1 Å². The van der Waals surface area contributed by atoms with Gasteiger partial charge in [-0.05, 0) is 32.6 Å². The smallest absolute Gasteiger partial charge is 0.275 e. The number of nitrogens with zero attached hydrogens (tertiary/aromatic N) is 5. The number of rotatable bonds is 7. The second-order valence-corrected chi connectivity index (χ2v) is 9.08. The maximum Gasteiger partial charge on any atom is 0.275 e. The summed E-state index contributed by atoms with van der Waals surface area (Å²) in [6.45, 7) is 2.65. The van der Waals surface area contributed by atoms with Gasteiger partial charge in [-0.25, -0.2) is 18.7 Å². The number of amides is 1. The topological polar surface area (TPSA) is 111 Å². The number of anilines is 1. The van der Waals surface area contributed by atoms with E-state index < -0.39 is 17.5 Å². The van der Waals surface area contributed by atoms with Crippen molar-refractivity contribution in [2.24, 2.45) is 0 Å². The first kappa shape index (κ1) is 23.2. The zero-order chi connectivity index (χ0) is 24.4. The van der Waals surface area contributed by atoms with Gasteiger partial charge in [0, 0.05) is 36.0 Å². The number of halogens is 2. The Kier molecular flexibility index (Phi) is 6.64. The Morgan fingerprint density at radius 2 is 2.09 bits per heavy atom. The van der Waals surface area contributed by atoms with Crippen LogP contribution in [-0.2, 0) is 4.74 Å². The Hall–Kier alpha value is -3.51. The first-order chi connectivity index (χ1) is 17.0. The van der Waals surface area contributed by atoms with Crippen molar-refractivity contribution in [3.8, 4) is 22.0 Å². The molecule has 1 fully saturated rings. The molecule has 0 unspecified atom stereocenters. The van der Waals surface area contributed by atoms with Crippen molar-refractivity contribution < 1.29 is 18.3 Å². The van der Waals surface area contributed by atoms with Crippen molar-refractivity contribution in [1.29, 1.82) is 0 Å².